The second-order valence-electron chi connectivity index (χ2n) is 3.76. The van der Waals surface area contributed by atoms with Crippen LogP contribution in [-0.2, 0) is 10.0 Å². The van der Waals surface area contributed by atoms with E-state index in [4.69, 9.17) is 10.5 Å². The molecule has 2 N–H and O–H groups in total. The van der Waals surface area contributed by atoms with Gasteiger partial charge < -0.3 is 5.11 Å². The minimum atomic E-state index is -3.65. The van der Waals surface area contributed by atoms with Gasteiger partial charge >= 0.3 is 0 Å². The van der Waals surface area contributed by atoms with Crippen LogP contribution in [0.4, 0.5) is 5.69 Å². The van der Waals surface area contributed by atoms with Crippen molar-refractivity contribution in [1.82, 2.24) is 4.31 Å². The minimum Gasteiger partial charge on any atom is -0.506 e. The van der Waals surface area contributed by atoms with Crippen LogP contribution in [0.2, 0.25) is 0 Å². The van der Waals surface area contributed by atoms with E-state index in [0.717, 1.165) is 10.4 Å². The van der Waals surface area contributed by atoms with Crippen molar-refractivity contribution < 1.29 is 13.5 Å². The van der Waals surface area contributed by atoms with Crippen LogP contribution in [0.15, 0.2) is 28.2 Å². The molecule has 0 atom stereocenters. The van der Waals surface area contributed by atoms with Crippen molar-refractivity contribution in [2.24, 2.45) is 5.10 Å². The van der Waals surface area contributed by atoms with Gasteiger partial charge in [0, 0.05) is 20.2 Å². The molecule has 1 aromatic rings. The van der Waals surface area contributed by atoms with Gasteiger partial charge in [-0.1, -0.05) is 0 Å². The zero-order valence-corrected chi connectivity index (χ0v) is 11.5. The number of hydrazone groups is 1. The fourth-order valence-electron chi connectivity index (χ4n) is 1.17. The van der Waals surface area contributed by atoms with Crippen molar-refractivity contribution in [3.8, 4) is 17.9 Å². The average molecular weight is 293 g/mol. The summed E-state index contributed by atoms with van der Waals surface area (Å²) in [5.41, 5.74) is 1.96. The van der Waals surface area contributed by atoms with Crippen molar-refractivity contribution in [3.05, 3.63) is 18.2 Å². The molecule has 0 unspecified atom stereocenters. The maximum atomic E-state index is 11.8. The van der Waals surface area contributed by atoms with Crippen molar-refractivity contribution in [2.75, 3.05) is 19.5 Å². The molecule has 0 saturated heterocycles. The zero-order valence-electron chi connectivity index (χ0n) is 10.7. The second kappa shape index (κ2) is 6.02. The van der Waals surface area contributed by atoms with Crippen LogP contribution in [0.1, 0.15) is 0 Å². The van der Waals surface area contributed by atoms with Crippen LogP contribution in [0.25, 0.3) is 0 Å². The molecule has 0 aromatic heterocycles. The Morgan fingerprint density at radius 2 is 1.95 bits per heavy atom. The molecule has 104 valence electrons. The Bertz CT molecular complexity index is 709. The Morgan fingerprint density at radius 3 is 2.40 bits per heavy atom. The fourth-order valence-corrected chi connectivity index (χ4v) is 2.09. The highest BCUT2D eigenvalue weighted by molar-refractivity contribution is 7.89. The van der Waals surface area contributed by atoms with Crippen LogP contribution >= 0.6 is 0 Å². The molecular formula is C11H11N5O3S. The van der Waals surface area contributed by atoms with Crippen molar-refractivity contribution >= 4 is 21.4 Å². The Labute approximate surface area is 116 Å². The van der Waals surface area contributed by atoms with Crippen LogP contribution < -0.4 is 5.43 Å². The lowest BCUT2D eigenvalue weighted by molar-refractivity contribution is 0.473. The summed E-state index contributed by atoms with van der Waals surface area (Å²) in [4.78, 5) is -0.0877. The smallest absolute Gasteiger partial charge is 0.242 e. The van der Waals surface area contributed by atoms with E-state index < -0.39 is 15.7 Å². The van der Waals surface area contributed by atoms with Gasteiger partial charge in [-0.2, -0.15) is 15.6 Å². The number of sulfonamides is 1. The number of nitriles is 2. The first-order valence-corrected chi connectivity index (χ1v) is 6.66. The van der Waals surface area contributed by atoms with E-state index in [9.17, 15) is 13.5 Å². The second-order valence-corrected chi connectivity index (χ2v) is 5.91. The van der Waals surface area contributed by atoms with Gasteiger partial charge in [0.25, 0.3) is 0 Å². The van der Waals surface area contributed by atoms with E-state index in [2.05, 4.69) is 10.5 Å². The van der Waals surface area contributed by atoms with E-state index in [1.807, 2.05) is 0 Å². The molecule has 1 aromatic carbocycles. The van der Waals surface area contributed by atoms with Gasteiger partial charge in [0.15, 0.2) is 0 Å². The summed E-state index contributed by atoms with van der Waals surface area (Å²) in [6, 6.07) is 6.66. The van der Waals surface area contributed by atoms with Gasteiger partial charge in [0.2, 0.25) is 15.7 Å². The lowest BCUT2D eigenvalue weighted by Crippen LogP contribution is -2.22. The largest absolute Gasteiger partial charge is 0.506 e. The van der Waals surface area contributed by atoms with Crippen molar-refractivity contribution in [2.45, 2.75) is 4.90 Å². The van der Waals surface area contributed by atoms with E-state index in [1.165, 1.54) is 38.4 Å². The number of benzene rings is 1. The number of rotatable bonds is 4. The predicted molar refractivity (Wildman–Crippen MR) is 71.3 cm³/mol. The first-order valence-electron chi connectivity index (χ1n) is 5.22. The number of aromatic hydroxyl groups is 1. The molecule has 0 radical (unpaired) electrons. The van der Waals surface area contributed by atoms with Crippen LogP contribution in [0.5, 0.6) is 5.75 Å². The topological polar surface area (TPSA) is 130 Å². The highest BCUT2D eigenvalue weighted by Gasteiger charge is 2.18. The Hall–Kier alpha value is -2.62. The molecule has 20 heavy (non-hydrogen) atoms. The fraction of sp³-hybridized carbons (Fsp3) is 0.182. The maximum absolute atomic E-state index is 11.8. The van der Waals surface area contributed by atoms with E-state index in [-0.39, 0.29) is 16.3 Å². The van der Waals surface area contributed by atoms with E-state index in [0.29, 0.717) is 0 Å². The molecule has 1 rings (SSSR count). The standard InChI is InChI=1S/C11H11N5O3S/c1-16(2)20(18,19)9-3-4-10(11(17)5-9)15-14-8(6-12)7-13/h3-5,15,17H,1-2H3. The molecule has 0 aliphatic heterocycles. The molecule has 0 bridgehead atoms. The molecular weight excluding hydrogens is 282 g/mol. The summed E-state index contributed by atoms with van der Waals surface area (Å²) in [7, 11) is -0.912. The first kappa shape index (κ1) is 15.4. The number of anilines is 1. The molecule has 0 spiro atoms. The molecule has 0 aliphatic carbocycles. The zero-order chi connectivity index (χ0) is 15.3. The van der Waals surface area contributed by atoms with Crippen LogP contribution in [-0.4, -0.2) is 37.6 Å². The minimum absolute atomic E-state index is 0.0747. The van der Waals surface area contributed by atoms with Gasteiger partial charge in [-0.15, -0.1) is 0 Å². The first-order chi connectivity index (χ1) is 9.32. The third-order valence-corrected chi connectivity index (χ3v) is 4.06. The summed E-state index contributed by atoms with van der Waals surface area (Å²) in [6.07, 6.45) is 0. The van der Waals surface area contributed by atoms with Gasteiger partial charge in [-0.25, -0.2) is 12.7 Å². The maximum Gasteiger partial charge on any atom is 0.242 e. The highest BCUT2D eigenvalue weighted by atomic mass is 32.2. The molecule has 0 fully saturated rings. The predicted octanol–water partition coefficient (Wildman–Crippen LogP) is 0.458. The quantitative estimate of drug-likeness (QED) is 0.471. The van der Waals surface area contributed by atoms with Gasteiger partial charge in [-0.3, -0.25) is 5.43 Å². The molecule has 9 heteroatoms. The monoisotopic (exact) mass is 293 g/mol. The number of nitrogens with one attached hydrogen (secondary N) is 1. The lowest BCUT2D eigenvalue weighted by Gasteiger charge is -2.12. The number of nitrogens with zero attached hydrogens (tertiary/aromatic N) is 4. The molecule has 0 amide bonds. The average Bonchev–Trinajstić information content (AvgIpc) is 2.41. The summed E-state index contributed by atoms with van der Waals surface area (Å²) in [5, 5.41) is 30.1. The van der Waals surface area contributed by atoms with Crippen LogP contribution in [0, 0.1) is 22.7 Å². The molecule has 0 saturated carbocycles. The van der Waals surface area contributed by atoms with Crippen LogP contribution in [0.3, 0.4) is 0 Å². The number of hydrogen-bond donors (Lipinski definition) is 2. The molecule has 0 aliphatic rings. The lowest BCUT2D eigenvalue weighted by atomic mass is 10.3. The third kappa shape index (κ3) is 3.23. The number of hydrogen-bond acceptors (Lipinski definition) is 7. The highest BCUT2D eigenvalue weighted by Crippen LogP contribution is 2.27. The summed E-state index contributed by atoms with van der Waals surface area (Å²) in [6.45, 7) is 0. The van der Waals surface area contributed by atoms with E-state index >= 15 is 0 Å². The number of phenols is 1. The van der Waals surface area contributed by atoms with Gasteiger partial charge in [-0.05, 0) is 12.1 Å². The Balaban J connectivity index is 3.11. The summed E-state index contributed by atoms with van der Waals surface area (Å²) < 4.78 is 24.7. The Morgan fingerprint density at radius 1 is 1.35 bits per heavy atom. The molecule has 8 nitrogen and oxygen atoms in total. The van der Waals surface area contributed by atoms with E-state index in [1.54, 1.807) is 0 Å². The number of phenolic OH excluding ortho intramolecular Hbond substituents is 1. The third-order valence-electron chi connectivity index (χ3n) is 2.25. The summed E-state index contributed by atoms with van der Waals surface area (Å²) in [5.74, 6) is -0.369. The SMILES string of the molecule is CN(C)S(=O)(=O)c1ccc(NN=C(C#N)C#N)c(O)c1. The Kier molecular flexibility index (Phi) is 4.64. The normalized spacial score (nSPS) is 10.4. The summed E-state index contributed by atoms with van der Waals surface area (Å²) >= 11 is 0. The molecule has 0 heterocycles. The van der Waals surface area contributed by atoms with Crippen molar-refractivity contribution in [3.63, 3.8) is 0 Å². The van der Waals surface area contributed by atoms with Gasteiger partial charge in [0.05, 0.1) is 10.6 Å². The van der Waals surface area contributed by atoms with Crippen molar-refractivity contribution in [1.29, 1.82) is 10.5 Å². The van der Waals surface area contributed by atoms with Gasteiger partial charge in [0.1, 0.15) is 17.9 Å².